The molecule has 1 atom stereocenters. The minimum atomic E-state index is 0.202. The van der Waals surface area contributed by atoms with Gasteiger partial charge >= 0.3 is 0 Å². The van der Waals surface area contributed by atoms with Crippen molar-refractivity contribution in [3.63, 3.8) is 0 Å². The molecule has 0 aliphatic carbocycles. The lowest BCUT2D eigenvalue weighted by Crippen LogP contribution is -2.08. The highest BCUT2D eigenvalue weighted by molar-refractivity contribution is 7.66. The summed E-state index contributed by atoms with van der Waals surface area (Å²) >= 11 is 0. The Morgan fingerprint density at radius 3 is 2.00 bits per heavy atom. The van der Waals surface area contributed by atoms with Crippen molar-refractivity contribution < 1.29 is 4.79 Å². The highest BCUT2D eigenvalue weighted by atomic mass is 31.1. The first-order valence-corrected chi connectivity index (χ1v) is 7.85. The van der Waals surface area contributed by atoms with E-state index in [2.05, 4.69) is 51.1 Å². The standard InChI is InChI=1S/C18H21OP/c1-11-6-7-13(3)16(10-11)20-18(19)17-14(4)8-12(2)9-15(17)5/h6-10,20H,1-5H3. The van der Waals surface area contributed by atoms with Crippen LogP contribution in [-0.2, 0) is 0 Å². The summed E-state index contributed by atoms with van der Waals surface area (Å²) in [7, 11) is 0.202. The van der Waals surface area contributed by atoms with E-state index in [1.807, 2.05) is 13.8 Å². The molecule has 104 valence electrons. The van der Waals surface area contributed by atoms with E-state index in [0.717, 1.165) is 22.0 Å². The van der Waals surface area contributed by atoms with Crippen molar-refractivity contribution in [3.8, 4) is 0 Å². The molecule has 20 heavy (non-hydrogen) atoms. The molecule has 0 saturated carbocycles. The number of aryl methyl sites for hydroxylation is 5. The normalized spacial score (nSPS) is 11.2. The van der Waals surface area contributed by atoms with Crippen molar-refractivity contribution >= 4 is 19.4 Å². The molecule has 2 aromatic rings. The van der Waals surface area contributed by atoms with Gasteiger partial charge in [-0.15, -0.1) is 0 Å². The number of carbonyl (C=O) groups is 1. The van der Waals surface area contributed by atoms with Gasteiger partial charge in [0.1, 0.15) is 0 Å². The van der Waals surface area contributed by atoms with Crippen LogP contribution in [0.4, 0.5) is 0 Å². The van der Waals surface area contributed by atoms with Crippen LogP contribution in [-0.4, -0.2) is 5.52 Å². The molecule has 0 heterocycles. The molecule has 0 amide bonds. The fraction of sp³-hybridized carbons (Fsp3) is 0.278. The first kappa shape index (κ1) is 14.9. The van der Waals surface area contributed by atoms with Gasteiger partial charge in [0, 0.05) is 5.56 Å². The van der Waals surface area contributed by atoms with Crippen LogP contribution in [0.25, 0.3) is 0 Å². The van der Waals surface area contributed by atoms with E-state index < -0.39 is 0 Å². The average molecular weight is 284 g/mol. The zero-order valence-electron chi connectivity index (χ0n) is 12.8. The lowest BCUT2D eigenvalue weighted by atomic mass is 10.0. The highest BCUT2D eigenvalue weighted by Gasteiger charge is 2.14. The molecule has 0 radical (unpaired) electrons. The van der Waals surface area contributed by atoms with Crippen molar-refractivity contribution in [2.24, 2.45) is 0 Å². The predicted octanol–water partition coefficient (Wildman–Crippen LogP) is 4.37. The summed E-state index contributed by atoms with van der Waals surface area (Å²) < 4.78 is 0. The molecule has 1 unspecified atom stereocenters. The molecule has 2 rings (SSSR count). The van der Waals surface area contributed by atoms with Gasteiger partial charge < -0.3 is 0 Å². The third-order valence-corrected chi connectivity index (χ3v) is 4.83. The Labute approximate surface area is 123 Å². The fourth-order valence-corrected chi connectivity index (χ4v) is 3.94. The third kappa shape index (κ3) is 3.16. The van der Waals surface area contributed by atoms with E-state index in [1.165, 1.54) is 16.7 Å². The van der Waals surface area contributed by atoms with Crippen LogP contribution in [0.15, 0.2) is 30.3 Å². The number of carbonyl (C=O) groups excluding carboxylic acids is 1. The number of rotatable bonds is 3. The second kappa shape index (κ2) is 5.89. The summed E-state index contributed by atoms with van der Waals surface area (Å²) in [6.45, 7) is 10.3. The molecule has 0 aliphatic rings. The number of hydrogen-bond donors (Lipinski definition) is 0. The molecule has 2 aromatic carbocycles. The summed E-state index contributed by atoms with van der Waals surface area (Å²) in [6, 6.07) is 10.5. The molecule has 0 spiro atoms. The number of benzene rings is 2. The van der Waals surface area contributed by atoms with Crippen LogP contribution in [0, 0.1) is 34.6 Å². The van der Waals surface area contributed by atoms with Gasteiger partial charge in [-0.05, 0) is 65.2 Å². The van der Waals surface area contributed by atoms with Crippen LogP contribution in [0.2, 0.25) is 0 Å². The lowest BCUT2D eigenvalue weighted by Gasteiger charge is -2.12. The Kier molecular flexibility index (Phi) is 4.40. The molecule has 0 aliphatic heterocycles. The van der Waals surface area contributed by atoms with Gasteiger partial charge in [-0.2, -0.15) is 0 Å². The molecule has 1 nitrogen and oxygen atoms in total. The fourth-order valence-electron chi connectivity index (χ4n) is 2.59. The molecule has 0 bridgehead atoms. The quantitative estimate of drug-likeness (QED) is 0.765. The van der Waals surface area contributed by atoms with Crippen LogP contribution < -0.4 is 5.30 Å². The minimum Gasteiger partial charge on any atom is -0.289 e. The van der Waals surface area contributed by atoms with Crippen LogP contribution >= 0.6 is 8.58 Å². The highest BCUT2D eigenvalue weighted by Crippen LogP contribution is 2.26. The largest absolute Gasteiger partial charge is 0.289 e. The van der Waals surface area contributed by atoms with Gasteiger partial charge in [-0.1, -0.05) is 41.5 Å². The van der Waals surface area contributed by atoms with Gasteiger partial charge in [0.05, 0.1) is 0 Å². The predicted molar refractivity (Wildman–Crippen MR) is 88.8 cm³/mol. The molecular formula is C18H21OP. The van der Waals surface area contributed by atoms with Gasteiger partial charge in [0.15, 0.2) is 5.52 Å². The Morgan fingerprint density at radius 1 is 0.800 bits per heavy atom. The third-order valence-electron chi connectivity index (χ3n) is 3.55. The van der Waals surface area contributed by atoms with E-state index in [9.17, 15) is 4.79 Å². The van der Waals surface area contributed by atoms with Crippen molar-refractivity contribution in [2.45, 2.75) is 34.6 Å². The van der Waals surface area contributed by atoms with E-state index >= 15 is 0 Å². The molecule has 0 N–H and O–H groups in total. The summed E-state index contributed by atoms with van der Waals surface area (Å²) in [5.74, 6) is 0. The topological polar surface area (TPSA) is 17.1 Å². The SMILES string of the molecule is Cc1cc(C)c(C(=O)Pc2cc(C)ccc2C)c(C)c1. The van der Waals surface area contributed by atoms with Gasteiger partial charge in [0.25, 0.3) is 0 Å². The van der Waals surface area contributed by atoms with Crippen molar-refractivity contribution in [2.75, 3.05) is 0 Å². The first-order valence-electron chi connectivity index (χ1n) is 6.85. The number of hydrogen-bond acceptors (Lipinski definition) is 1. The van der Waals surface area contributed by atoms with E-state index in [1.54, 1.807) is 0 Å². The van der Waals surface area contributed by atoms with Gasteiger partial charge in [-0.25, -0.2) is 0 Å². The second-order valence-electron chi connectivity index (χ2n) is 5.55. The van der Waals surface area contributed by atoms with Gasteiger partial charge in [-0.3, -0.25) is 4.79 Å². The lowest BCUT2D eigenvalue weighted by molar-refractivity contribution is 0.108. The molecule has 0 saturated heterocycles. The Balaban J connectivity index is 2.36. The van der Waals surface area contributed by atoms with E-state index in [4.69, 9.17) is 0 Å². The Hall–Kier alpha value is -1.46. The van der Waals surface area contributed by atoms with Crippen LogP contribution in [0.1, 0.15) is 38.2 Å². The summed E-state index contributed by atoms with van der Waals surface area (Å²) in [4.78, 5) is 12.6. The monoisotopic (exact) mass is 284 g/mol. The van der Waals surface area contributed by atoms with Crippen LogP contribution in [0.3, 0.4) is 0 Å². The summed E-state index contributed by atoms with van der Waals surface area (Å²) in [5, 5.41) is 1.16. The zero-order valence-corrected chi connectivity index (χ0v) is 13.8. The Morgan fingerprint density at radius 2 is 1.40 bits per heavy atom. The van der Waals surface area contributed by atoms with Crippen molar-refractivity contribution in [1.29, 1.82) is 0 Å². The maximum atomic E-state index is 12.6. The second-order valence-corrected chi connectivity index (χ2v) is 6.79. The smallest absolute Gasteiger partial charge is 0.186 e. The van der Waals surface area contributed by atoms with E-state index in [-0.39, 0.29) is 14.1 Å². The van der Waals surface area contributed by atoms with Crippen LogP contribution in [0.5, 0.6) is 0 Å². The van der Waals surface area contributed by atoms with Crippen molar-refractivity contribution in [1.82, 2.24) is 0 Å². The van der Waals surface area contributed by atoms with Gasteiger partial charge in [0.2, 0.25) is 0 Å². The maximum absolute atomic E-state index is 12.6. The summed E-state index contributed by atoms with van der Waals surface area (Å²) in [5.41, 5.74) is 6.94. The zero-order chi connectivity index (χ0) is 14.9. The molecule has 0 fully saturated rings. The van der Waals surface area contributed by atoms with E-state index in [0.29, 0.717) is 0 Å². The molecular weight excluding hydrogens is 263 g/mol. The first-order chi connectivity index (χ1) is 9.38. The molecule has 0 aromatic heterocycles. The average Bonchev–Trinajstić information content (AvgIpc) is 2.32. The summed E-state index contributed by atoms with van der Waals surface area (Å²) in [6.07, 6.45) is 0. The Bertz CT molecular complexity index is 648. The molecule has 2 heteroatoms. The minimum absolute atomic E-state index is 0.202. The van der Waals surface area contributed by atoms with Crippen molar-refractivity contribution in [3.05, 3.63) is 63.7 Å². The maximum Gasteiger partial charge on any atom is 0.186 e.